The number of fused-ring (bicyclic) bond motifs is 5. The molecule has 0 heterocycles. The molecule has 0 aromatic rings. The van der Waals surface area contributed by atoms with Crippen molar-refractivity contribution in [3.05, 3.63) is 0 Å². The Bertz CT molecular complexity index is 561. The zero-order chi connectivity index (χ0) is 20.3. The molecule has 0 aromatic heterocycles. The highest BCUT2D eigenvalue weighted by Crippen LogP contribution is 2.60. The minimum atomic E-state index is 0.0373. The van der Waals surface area contributed by atoms with Gasteiger partial charge in [0.2, 0.25) is 0 Å². The molecule has 0 radical (unpaired) electrons. The van der Waals surface area contributed by atoms with Crippen LogP contribution in [0.15, 0.2) is 0 Å². The van der Waals surface area contributed by atoms with E-state index in [1.165, 1.54) is 103 Å². The third-order valence-corrected chi connectivity index (χ3v) is 10.4. The van der Waals surface area contributed by atoms with Crippen LogP contribution in [0.4, 0.5) is 0 Å². The number of nitriles is 1. The van der Waals surface area contributed by atoms with Gasteiger partial charge in [0.1, 0.15) is 0 Å². The number of hydrogen-bond donors (Lipinski definition) is 0. The number of rotatable bonds is 7. The molecule has 0 aromatic carbocycles. The van der Waals surface area contributed by atoms with Crippen molar-refractivity contribution in [3.63, 3.8) is 0 Å². The molecule has 8 atom stereocenters. The quantitative estimate of drug-likeness (QED) is 0.395. The first-order chi connectivity index (χ1) is 14.2. The second-order valence-corrected chi connectivity index (χ2v) is 11.6. The minimum absolute atomic E-state index is 0.0373. The lowest BCUT2D eigenvalue weighted by atomic mass is 9.48. The van der Waals surface area contributed by atoms with Crippen molar-refractivity contribution in [2.45, 2.75) is 123 Å². The third-order valence-electron chi connectivity index (χ3n) is 10.4. The first-order valence-corrected chi connectivity index (χ1v) is 13.6. The van der Waals surface area contributed by atoms with Crippen LogP contribution < -0.4 is 0 Å². The lowest BCUT2D eigenvalue weighted by molar-refractivity contribution is -0.0711. The summed E-state index contributed by atoms with van der Waals surface area (Å²) in [5.41, 5.74) is 0.0373. The summed E-state index contributed by atoms with van der Waals surface area (Å²) in [6.07, 6.45) is 23.7. The first kappa shape index (κ1) is 21.7. The molecular formula is C28H47N. The molecule has 4 aliphatic rings. The van der Waals surface area contributed by atoms with E-state index in [2.05, 4.69) is 19.9 Å². The summed E-state index contributed by atoms with van der Waals surface area (Å²) in [4.78, 5) is 0. The van der Waals surface area contributed by atoms with Crippen LogP contribution in [-0.2, 0) is 0 Å². The van der Waals surface area contributed by atoms with E-state index >= 15 is 0 Å². The van der Waals surface area contributed by atoms with Gasteiger partial charge in [-0.15, -0.1) is 0 Å². The van der Waals surface area contributed by atoms with Crippen LogP contribution >= 0.6 is 0 Å². The van der Waals surface area contributed by atoms with Gasteiger partial charge in [-0.25, -0.2) is 0 Å². The van der Waals surface area contributed by atoms with E-state index in [1.807, 2.05) is 0 Å². The van der Waals surface area contributed by atoms with Crippen molar-refractivity contribution in [3.8, 4) is 6.07 Å². The predicted molar refractivity (Wildman–Crippen MR) is 122 cm³/mol. The van der Waals surface area contributed by atoms with Crippen molar-refractivity contribution in [1.29, 1.82) is 5.26 Å². The van der Waals surface area contributed by atoms with Gasteiger partial charge in [-0.3, -0.25) is 0 Å². The molecule has 1 heteroatoms. The van der Waals surface area contributed by atoms with E-state index in [-0.39, 0.29) is 5.41 Å². The highest BCUT2D eigenvalue weighted by Gasteiger charge is 2.52. The van der Waals surface area contributed by atoms with E-state index < -0.39 is 0 Å². The van der Waals surface area contributed by atoms with Crippen molar-refractivity contribution in [2.24, 2.45) is 46.8 Å². The number of hydrogen-bond acceptors (Lipinski definition) is 1. The molecule has 0 spiro atoms. The third kappa shape index (κ3) is 4.43. The normalized spacial score (nSPS) is 44.2. The minimum Gasteiger partial charge on any atom is -0.198 e. The van der Waals surface area contributed by atoms with Crippen molar-refractivity contribution in [1.82, 2.24) is 0 Å². The summed E-state index contributed by atoms with van der Waals surface area (Å²) in [5.74, 6) is 7.09. The number of unbranched alkanes of at least 4 members (excludes halogenated alkanes) is 4. The highest BCUT2D eigenvalue weighted by atomic mass is 14.6. The lowest BCUT2D eigenvalue weighted by Gasteiger charge is -2.57. The Balaban J connectivity index is 1.37. The molecule has 0 amide bonds. The van der Waals surface area contributed by atoms with E-state index in [1.54, 1.807) is 6.42 Å². The Kier molecular flexibility index (Phi) is 7.30. The molecule has 29 heavy (non-hydrogen) atoms. The topological polar surface area (TPSA) is 23.8 Å². The molecule has 1 nitrogen and oxygen atoms in total. The molecule has 0 saturated heterocycles. The SMILES string of the molecule is CCCCCCC[C@]1(C#N)CCC2C(CCC3C2CCC2C3CCC[C@@H]2CC)C1. The van der Waals surface area contributed by atoms with Gasteiger partial charge >= 0.3 is 0 Å². The van der Waals surface area contributed by atoms with Gasteiger partial charge in [-0.2, -0.15) is 5.26 Å². The molecule has 4 fully saturated rings. The molecular weight excluding hydrogens is 350 g/mol. The van der Waals surface area contributed by atoms with Crippen LogP contribution in [0, 0.1) is 58.2 Å². The van der Waals surface area contributed by atoms with Gasteiger partial charge in [0, 0.05) is 0 Å². The Morgan fingerprint density at radius 1 is 0.759 bits per heavy atom. The number of nitrogens with zero attached hydrogens (tertiary/aromatic N) is 1. The van der Waals surface area contributed by atoms with Gasteiger partial charge in [-0.1, -0.05) is 65.2 Å². The molecule has 164 valence electrons. The maximum absolute atomic E-state index is 10.1. The summed E-state index contributed by atoms with van der Waals surface area (Å²) >= 11 is 0. The van der Waals surface area contributed by atoms with Gasteiger partial charge in [0.25, 0.3) is 0 Å². The summed E-state index contributed by atoms with van der Waals surface area (Å²) in [5, 5.41) is 10.1. The lowest BCUT2D eigenvalue weighted by Crippen LogP contribution is -2.49. The average molecular weight is 398 g/mol. The molecule has 0 N–H and O–H groups in total. The van der Waals surface area contributed by atoms with Crippen molar-refractivity contribution < 1.29 is 0 Å². The summed E-state index contributed by atoms with van der Waals surface area (Å²) in [6.45, 7) is 4.73. The predicted octanol–water partition coefficient (Wildman–Crippen LogP) is 8.54. The first-order valence-electron chi connectivity index (χ1n) is 13.6. The van der Waals surface area contributed by atoms with E-state index in [9.17, 15) is 5.26 Å². The monoisotopic (exact) mass is 397 g/mol. The van der Waals surface area contributed by atoms with Crippen LogP contribution in [0.5, 0.6) is 0 Å². The fraction of sp³-hybridized carbons (Fsp3) is 0.964. The van der Waals surface area contributed by atoms with Crippen molar-refractivity contribution in [2.75, 3.05) is 0 Å². The second-order valence-electron chi connectivity index (χ2n) is 11.6. The molecule has 0 aliphatic heterocycles. The highest BCUT2D eigenvalue weighted by molar-refractivity contribution is 5.07. The Morgan fingerprint density at radius 2 is 1.48 bits per heavy atom. The Morgan fingerprint density at radius 3 is 2.28 bits per heavy atom. The summed E-state index contributed by atoms with van der Waals surface area (Å²) < 4.78 is 0. The van der Waals surface area contributed by atoms with Crippen LogP contribution in [0.2, 0.25) is 0 Å². The molecule has 4 aliphatic carbocycles. The van der Waals surface area contributed by atoms with Crippen LogP contribution in [0.1, 0.15) is 123 Å². The Hall–Kier alpha value is -0.510. The average Bonchev–Trinajstić information content (AvgIpc) is 2.77. The maximum Gasteiger partial charge on any atom is 0.0689 e. The zero-order valence-corrected chi connectivity index (χ0v) is 19.5. The molecule has 6 unspecified atom stereocenters. The van der Waals surface area contributed by atoms with Crippen molar-refractivity contribution >= 4 is 0 Å². The maximum atomic E-state index is 10.1. The fourth-order valence-corrected chi connectivity index (χ4v) is 8.93. The molecule has 4 saturated carbocycles. The van der Waals surface area contributed by atoms with E-state index in [0.29, 0.717) is 0 Å². The largest absolute Gasteiger partial charge is 0.198 e. The van der Waals surface area contributed by atoms with Gasteiger partial charge in [-0.05, 0) is 99.2 Å². The standard InChI is InChI=1S/C28H47N/c1-3-5-6-7-8-17-28(20-29)18-16-24-22(19-28)12-13-27-25-11-9-10-21(4-2)23(25)14-15-26(24)27/h21-27H,3-19H2,1-2H3/t21-,22?,23?,24?,25?,26?,27?,28-/m0/s1. The second kappa shape index (κ2) is 9.75. The van der Waals surface area contributed by atoms with E-state index in [4.69, 9.17) is 0 Å². The smallest absolute Gasteiger partial charge is 0.0689 e. The van der Waals surface area contributed by atoms with Gasteiger partial charge in [0.15, 0.2) is 0 Å². The summed E-state index contributed by atoms with van der Waals surface area (Å²) in [7, 11) is 0. The van der Waals surface area contributed by atoms with Crippen LogP contribution in [0.3, 0.4) is 0 Å². The van der Waals surface area contributed by atoms with Gasteiger partial charge in [0.05, 0.1) is 11.5 Å². The zero-order valence-electron chi connectivity index (χ0n) is 19.5. The van der Waals surface area contributed by atoms with Crippen LogP contribution in [0.25, 0.3) is 0 Å². The van der Waals surface area contributed by atoms with E-state index in [0.717, 1.165) is 41.4 Å². The van der Waals surface area contributed by atoms with Crippen LogP contribution in [-0.4, -0.2) is 0 Å². The molecule has 0 bridgehead atoms. The Labute approximate surface area is 181 Å². The van der Waals surface area contributed by atoms with Gasteiger partial charge < -0.3 is 0 Å². The fourth-order valence-electron chi connectivity index (χ4n) is 8.93. The summed E-state index contributed by atoms with van der Waals surface area (Å²) in [6, 6.07) is 2.87. The molecule has 4 rings (SSSR count).